The highest BCUT2D eigenvalue weighted by Crippen LogP contribution is 2.55. The molecule has 19 heteroatoms. The normalized spacial score (nSPS) is 27.0. The maximum absolute atomic E-state index is 14.8. The van der Waals surface area contributed by atoms with E-state index in [4.69, 9.17) is 19.2 Å². The van der Waals surface area contributed by atoms with Crippen LogP contribution in [0.4, 0.5) is 28.4 Å². The summed E-state index contributed by atoms with van der Waals surface area (Å²) in [4.78, 5) is 41.1. The number of aromatic amines is 1. The number of likely N-dealkylation sites (tertiary alicyclic amines) is 1. The van der Waals surface area contributed by atoms with Crippen molar-refractivity contribution >= 4 is 55.4 Å². The molecule has 1 amide bonds. The molecule has 1 spiro atoms. The summed E-state index contributed by atoms with van der Waals surface area (Å²) >= 11 is 0. The lowest BCUT2D eigenvalue weighted by molar-refractivity contribution is -0.384. The summed E-state index contributed by atoms with van der Waals surface area (Å²) in [6, 6.07) is 21.5. The van der Waals surface area contributed by atoms with Crippen LogP contribution in [0, 0.1) is 21.4 Å². The lowest BCUT2D eigenvalue weighted by Crippen LogP contribution is -2.60. The van der Waals surface area contributed by atoms with Gasteiger partial charge in [-0.3, -0.25) is 19.8 Å². The number of ether oxygens (including phenoxy) is 3. The molecule has 5 N–H and O–H groups in total. The molecule has 2 saturated carbocycles. The molecule has 4 atom stereocenters. The van der Waals surface area contributed by atoms with Gasteiger partial charge in [0.1, 0.15) is 28.9 Å². The van der Waals surface area contributed by atoms with Gasteiger partial charge in [0.25, 0.3) is 21.6 Å². The summed E-state index contributed by atoms with van der Waals surface area (Å²) in [5.74, 6) is 0.553. The highest BCUT2D eigenvalue weighted by atomic mass is 32.2. The lowest BCUT2D eigenvalue weighted by Gasteiger charge is -2.59. The molecule has 0 bridgehead atoms. The number of carbonyl (C=O) groups is 1. The van der Waals surface area contributed by atoms with Crippen molar-refractivity contribution < 1.29 is 42.6 Å². The smallest absolute Gasteiger partial charge is 0.293 e. The van der Waals surface area contributed by atoms with Crippen molar-refractivity contribution in [1.82, 2.24) is 19.6 Å². The van der Waals surface area contributed by atoms with Gasteiger partial charge in [0.15, 0.2) is 0 Å². The summed E-state index contributed by atoms with van der Waals surface area (Å²) in [5, 5.41) is 38.2. The second-order valence-electron chi connectivity index (χ2n) is 23.1. The third-order valence-corrected chi connectivity index (χ3v) is 18.4. The molecule has 400 valence electrons. The Bertz CT molecular complexity index is 3060. The molecule has 6 heterocycles. The molecule has 11 rings (SSSR count). The minimum atomic E-state index is -4.64. The number of rotatable bonds is 13. The van der Waals surface area contributed by atoms with Crippen LogP contribution in [0.15, 0.2) is 83.9 Å². The Morgan fingerprint density at radius 2 is 1.71 bits per heavy atom. The Hall–Kier alpha value is -5.99. The molecule has 3 aromatic carbocycles. The molecule has 5 aromatic rings. The van der Waals surface area contributed by atoms with Gasteiger partial charge in [-0.15, -0.1) is 0 Å². The van der Waals surface area contributed by atoms with Crippen LogP contribution in [0.25, 0.3) is 11.0 Å². The predicted molar refractivity (Wildman–Crippen MR) is 286 cm³/mol. The fourth-order valence-corrected chi connectivity index (χ4v) is 13.9. The quantitative estimate of drug-likeness (QED) is 0.0549. The van der Waals surface area contributed by atoms with Crippen LogP contribution >= 0.6 is 0 Å². The first-order chi connectivity index (χ1) is 35.8. The first kappa shape index (κ1) is 51.1. The number of nitro groups is 1. The Morgan fingerprint density at radius 3 is 2.47 bits per heavy atom. The number of aliphatic hydroxyl groups is 2. The molecular weight excluding hydrogens is 977 g/mol. The fourth-order valence-electron chi connectivity index (χ4n) is 12.9. The number of pyridine rings is 1. The Kier molecular flexibility index (Phi) is 13.5. The van der Waals surface area contributed by atoms with Crippen LogP contribution in [0.3, 0.4) is 0 Å². The van der Waals surface area contributed by atoms with E-state index in [1.165, 1.54) is 17.7 Å². The molecule has 6 aliphatic rings. The Labute approximate surface area is 438 Å². The van der Waals surface area contributed by atoms with Gasteiger partial charge in [0.2, 0.25) is 5.88 Å². The Morgan fingerprint density at radius 1 is 0.947 bits per heavy atom. The number of hydrogen-bond donors (Lipinski definition) is 5. The maximum atomic E-state index is 14.8. The average Bonchev–Trinajstić information content (AvgIpc) is 3.86. The van der Waals surface area contributed by atoms with Gasteiger partial charge in [-0.25, -0.2) is 13.1 Å². The summed E-state index contributed by atoms with van der Waals surface area (Å²) in [6.07, 6.45) is 10.3. The van der Waals surface area contributed by atoms with E-state index in [2.05, 4.69) is 47.9 Å². The van der Waals surface area contributed by atoms with Crippen molar-refractivity contribution in [2.75, 3.05) is 54.5 Å². The number of para-hydroxylation sites is 1. The summed E-state index contributed by atoms with van der Waals surface area (Å²) < 4.78 is 49.4. The van der Waals surface area contributed by atoms with Gasteiger partial charge < -0.3 is 44.5 Å². The number of fused-ring (bicyclic) bond motifs is 3. The standard InChI is InChI=1S/C56H70N8O10S/c1-35(2)73-49-8-6-5-7-41(49)44-15-20-55(4,67)34-62(44)39-30-56(31-39)21-24-61(25-22-56)38-9-11-42(46(28-38)63-45-17-26-72-33-50(45)74-53-48(63)27-37-16-23-57-51(37)59-53)52(65)60-75(70,71)40-10-12-43(47(29-40)64(68)69)58-32-36-13-18-54(3,66)19-14-36/h5-12,16,23,27-29,35-36,39,44-45,50,58,66-67H,13-15,17-22,24-26,30-34H2,1-4H3,(H,57,59)(H,60,65)/t36?,44-,45-,50-,54?,55-/m0/s1. The largest absolute Gasteiger partial charge is 0.491 e. The van der Waals surface area contributed by atoms with Crippen molar-refractivity contribution in [3.8, 4) is 11.6 Å². The highest BCUT2D eigenvalue weighted by molar-refractivity contribution is 7.90. The molecule has 2 aromatic heterocycles. The van der Waals surface area contributed by atoms with Crippen LogP contribution in [0.1, 0.15) is 120 Å². The summed E-state index contributed by atoms with van der Waals surface area (Å²) in [6.45, 7) is 11.2. The zero-order chi connectivity index (χ0) is 52.4. The van der Waals surface area contributed by atoms with E-state index in [1.807, 2.05) is 58.0 Å². The number of anilines is 4. The highest BCUT2D eigenvalue weighted by Gasteiger charge is 2.52. The predicted octanol–water partition coefficient (Wildman–Crippen LogP) is 8.76. The van der Waals surface area contributed by atoms with Crippen molar-refractivity contribution in [3.05, 3.63) is 100 Å². The first-order valence-corrected chi connectivity index (χ1v) is 28.3. The van der Waals surface area contributed by atoms with Gasteiger partial charge in [-0.2, -0.15) is 4.98 Å². The number of H-pyrrole nitrogens is 1. The van der Waals surface area contributed by atoms with Crippen LogP contribution < -0.4 is 29.3 Å². The van der Waals surface area contributed by atoms with E-state index in [-0.39, 0.29) is 47.4 Å². The van der Waals surface area contributed by atoms with E-state index < -0.39 is 48.7 Å². The number of aromatic nitrogens is 2. The van der Waals surface area contributed by atoms with Gasteiger partial charge in [0, 0.05) is 73.8 Å². The minimum Gasteiger partial charge on any atom is -0.491 e. The second kappa shape index (κ2) is 19.9. The van der Waals surface area contributed by atoms with Crippen molar-refractivity contribution in [1.29, 1.82) is 0 Å². The van der Waals surface area contributed by atoms with E-state index >= 15 is 0 Å². The molecular formula is C56H70N8O10S. The fraction of sp³-hybridized carbons (Fsp3) is 0.536. The van der Waals surface area contributed by atoms with Gasteiger partial charge in [-0.1, -0.05) is 18.2 Å². The second-order valence-corrected chi connectivity index (χ2v) is 24.7. The van der Waals surface area contributed by atoms with Crippen LogP contribution in [-0.2, 0) is 14.8 Å². The number of amides is 1. The molecule has 3 saturated heterocycles. The van der Waals surface area contributed by atoms with Crippen molar-refractivity contribution in [2.45, 2.75) is 145 Å². The molecule has 0 unspecified atom stereocenters. The number of nitro benzene ring substituents is 1. The average molecular weight is 1050 g/mol. The van der Waals surface area contributed by atoms with Crippen LogP contribution in [0.2, 0.25) is 0 Å². The summed E-state index contributed by atoms with van der Waals surface area (Å²) in [7, 11) is -4.64. The van der Waals surface area contributed by atoms with Gasteiger partial charge in [0.05, 0.1) is 51.0 Å². The number of nitrogens with one attached hydrogen (secondary N) is 3. The third kappa shape index (κ3) is 10.4. The van der Waals surface area contributed by atoms with Crippen LogP contribution in [0.5, 0.6) is 11.6 Å². The molecule has 75 heavy (non-hydrogen) atoms. The SMILES string of the molecule is CC(C)Oc1ccccc1[C@@H]1CC[C@](C)(O)CN1C1CC2(CCN(c3ccc(C(=O)NS(=O)(=O)c4ccc(NCC5CCC(C)(O)CC5)c([N+](=O)[O-])c4)c(N4c5cc6cc[nH]c6nc5O[C@H]5COCC[C@@H]54)c3)CC2)C1. The number of piperidine rings is 2. The van der Waals surface area contributed by atoms with E-state index in [0.717, 1.165) is 87.3 Å². The Balaban J connectivity index is 0.864. The number of benzene rings is 3. The monoisotopic (exact) mass is 1050 g/mol. The molecule has 0 radical (unpaired) electrons. The topological polar surface area (TPSA) is 225 Å². The number of carbonyl (C=O) groups excluding carboxylic acids is 1. The first-order valence-electron chi connectivity index (χ1n) is 26.8. The zero-order valence-electron chi connectivity index (χ0n) is 43.3. The lowest BCUT2D eigenvalue weighted by atomic mass is 9.59. The maximum Gasteiger partial charge on any atom is 0.293 e. The van der Waals surface area contributed by atoms with Gasteiger partial charge in [-0.05, 0) is 158 Å². The number of sulfonamides is 1. The molecule has 2 aliphatic carbocycles. The van der Waals surface area contributed by atoms with Crippen LogP contribution in [-0.4, -0.2) is 119 Å². The van der Waals surface area contributed by atoms with E-state index in [0.29, 0.717) is 67.9 Å². The third-order valence-electron chi connectivity index (χ3n) is 17.1. The zero-order valence-corrected chi connectivity index (χ0v) is 44.1. The summed E-state index contributed by atoms with van der Waals surface area (Å²) in [5.41, 5.74) is 2.28. The number of hydrogen-bond acceptors (Lipinski definition) is 15. The van der Waals surface area contributed by atoms with Crippen molar-refractivity contribution in [2.24, 2.45) is 11.3 Å². The van der Waals surface area contributed by atoms with E-state index in [1.54, 1.807) is 12.3 Å². The van der Waals surface area contributed by atoms with Crippen molar-refractivity contribution in [3.63, 3.8) is 0 Å². The molecule has 5 fully saturated rings. The molecule has 4 aliphatic heterocycles. The minimum absolute atomic E-state index is 0.0452. The van der Waals surface area contributed by atoms with Gasteiger partial charge >= 0.3 is 0 Å². The number of nitrogens with zero attached hydrogens (tertiary/aromatic N) is 5. The molecule has 18 nitrogen and oxygen atoms in total. The number of β-amino-alcohol motifs (C(OH)–C–C–N with tert-alkyl or cyclic N) is 1. The van der Waals surface area contributed by atoms with E-state index in [9.17, 15) is 33.5 Å².